The van der Waals surface area contributed by atoms with Gasteiger partial charge in [0.05, 0.1) is 16.3 Å². The lowest BCUT2D eigenvalue weighted by Gasteiger charge is -2.08. The van der Waals surface area contributed by atoms with Gasteiger partial charge in [-0.1, -0.05) is 41.4 Å². The van der Waals surface area contributed by atoms with Crippen LogP contribution in [0.1, 0.15) is 16.7 Å². The van der Waals surface area contributed by atoms with Crippen molar-refractivity contribution in [3.63, 3.8) is 0 Å². The fraction of sp³-hybridized carbons (Fsp3) is 0.176. The standard InChI is InChI=1S/C17H16Cl2N2O2/c1-11-3-4-12(2)16(7-11)23-10-17(22)21-20-9-13-5-6-14(18)15(19)8-13/h3-9H,10H2,1-2H3,(H,21,22)/b20-9+. The van der Waals surface area contributed by atoms with Gasteiger partial charge in [-0.25, -0.2) is 5.43 Å². The van der Waals surface area contributed by atoms with Crippen LogP contribution >= 0.6 is 23.2 Å². The lowest BCUT2D eigenvalue weighted by atomic mass is 10.1. The van der Waals surface area contributed by atoms with Crippen LogP contribution in [0.15, 0.2) is 41.5 Å². The zero-order chi connectivity index (χ0) is 16.8. The van der Waals surface area contributed by atoms with Gasteiger partial charge in [-0.2, -0.15) is 5.10 Å². The Hall–Kier alpha value is -2.04. The SMILES string of the molecule is Cc1ccc(C)c(OCC(=O)N/N=C/c2ccc(Cl)c(Cl)c2)c1. The molecule has 0 bridgehead atoms. The molecule has 0 saturated carbocycles. The van der Waals surface area contributed by atoms with Crippen molar-refractivity contribution in [2.75, 3.05) is 6.61 Å². The van der Waals surface area contributed by atoms with Gasteiger partial charge in [0, 0.05) is 0 Å². The van der Waals surface area contributed by atoms with Crippen LogP contribution in [0.2, 0.25) is 10.0 Å². The molecule has 2 aromatic rings. The molecule has 2 aromatic carbocycles. The molecular formula is C17H16Cl2N2O2. The van der Waals surface area contributed by atoms with Crippen molar-refractivity contribution >= 4 is 35.3 Å². The number of halogens is 2. The van der Waals surface area contributed by atoms with E-state index in [1.165, 1.54) is 6.21 Å². The summed E-state index contributed by atoms with van der Waals surface area (Å²) in [6, 6.07) is 10.9. The summed E-state index contributed by atoms with van der Waals surface area (Å²) in [6.07, 6.45) is 1.48. The second kappa shape index (κ2) is 7.99. The number of benzene rings is 2. The van der Waals surface area contributed by atoms with Crippen molar-refractivity contribution in [2.45, 2.75) is 13.8 Å². The number of aryl methyl sites for hydroxylation is 2. The molecule has 0 aliphatic heterocycles. The highest BCUT2D eigenvalue weighted by atomic mass is 35.5. The van der Waals surface area contributed by atoms with E-state index in [1.807, 2.05) is 32.0 Å². The molecule has 0 aliphatic rings. The molecule has 0 fully saturated rings. The predicted octanol–water partition coefficient (Wildman–Crippen LogP) is 4.14. The van der Waals surface area contributed by atoms with Gasteiger partial charge in [0.1, 0.15) is 5.75 Å². The molecule has 0 saturated heterocycles. The third-order valence-electron chi connectivity index (χ3n) is 3.05. The maximum absolute atomic E-state index is 11.7. The van der Waals surface area contributed by atoms with E-state index >= 15 is 0 Å². The lowest BCUT2D eigenvalue weighted by Crippen LogP contribution is -2.24. The number of carbonyl (C=O) groups is 1. The van der Waals surface area contributed by atoms with Crippen LogP contribution in [0.5, 0.6) is 5.75 Å². The Morgan fingerprint density at radius 2 is 1.96 bits per heavy atom. The van der Waals surface area contributed by atoms with Crippen LogP contribution < -0.4 is 10.2 Å². The molecule has 23 heavy (non-hydrogen) atoms. The van der Waals surface area contributed by atoms with Crippen LogP contribution in [0.3, 0.4) is 0 Å². The quantitative estimate of drug-likeness (QED) is 0.650. The first-order valence-electron chi connectivity index (χ1n) is 6.92. The van der Waals surface area contributed by atoms with Gasteiger partial charge < -0.3 is 4.74 Å². The van der Waals surface area contributed by atoms with Crippen molar-refractivity contribution < 1.29 is 9.53 Å². The van der Waals surface area contributed by atoms with Crippen molar-refractivity contribution in [2.24, 2.45) is 5.10 Å². The summed E-state index contributed by atoms with van der Waals surface area (Å²) in [7, 11) is 0. The van der Waals surface area contributed by atoms with E-state index in [-0.39, 0.29) is 12.5 Å². The summed E-state index contributed by atoms with van der Waals surface area (Å²) in [5.41, 5.74) is 5.18. The average Bonchev–Trinajstić information content (AvgIpc) is 2.52. The Morgan fingerprint density at radius 1 is 1.17 bits per heavy atom. The molecular weight excluding hydrogens is 335 g/mol. The third-order valence-corrected chi connectivity index (χ3v) is 3.79. The topological polar surface area (TPSA) is 50.7 Å². The van der Waals surface area contributed by atoms with Crippen molar-refractivity contribution in [1.29, 1.82) is 0 Å². The summed E-state index contributed by atoms with van der Waals surface area (Å²) < 4.78 is 5.49. The van der Waals surface area contributed by atoms with E-state index in [4.69, 9.17) is 27.9 Å². The van der Waals surface area contributed by atoms with Crippen LogP contribution in [-0.4, -0.2) is 18.7 Å². The van der Waals surface area contributed by atoms with Gasteiger partial charge >= 0.3 is 0 Å². The van der Waals surface area contributed by atoms with Gasteiger partial charge in [0.15, 0.2) is 6.61 Å². The molecule has 0 aliphatic carbocycles. The zero-order valence-corrected chi connectivity index (χ0v) is 14.3. The van der Waals surface area contributed by atoms with E-state index in [9.17, 15) is 4.79 Å². The van der Waals surface area contributed by atoms with Crippen molar-refractivity contribution in [1.82, 2.24) is 5.43 Å². The highest BCUT2D eigenvalue weighted by Crippen LogP contribution is 2.21. The lowest BCUT2D eigenvalue weighted by molar-refractivity contribution is -0.123. The minimum Gasteiger partial charge on any atom is -0.483 e. The number of nitrogens with one attached hydrogen (secondary N) is 1. The Kier molecular flexibility index (Phi) is 6.02. The highest BCUT2D eigenvalue weighted by Gasteiger charge is 2.04. The first-order chi connectivity index (χ1) is 11.0. The zero-order valence-electron chi connectivity index (χ0n) is 12.8. The molecule has 1 amide bonds. The molecule has 2 rings (SSSR count). The Balaban J connectivity index is 1.86. The van der Waals surface area contributed by atoms with Gasteiger partial charge in [-0.3, -0.25) is 4.79 Å². The number of ether oxygens (including phenoxy) is 1. The summed E-state index contributed by atoms with van der Waals surface area (Å²) in [4.78, 5) is 11.7. The van der Waals surface area contributed by atoms with E-state index in [0.29, 0.717) is 15.8 Å². The summed E-state index contributed by atoms with van der Waals surface area (Å²) in [5, 5.41) is 4.76. The monoisotopic (exact) mass is 350 g/mol. The fourth-order valence-corrected chi connectivity index (χ4v) is 2.12. The molecule has 6 heteroatoms. The smallest absolute Gasteiger partial charge is 0.277 e. The molecule has 0 radical (unpaired) electrons. The molecule has 0 aromatic heterocycles. The van der Waals surface area contributed by atoms with Gasteiger partial charge in [0.25, 0.3) is 5.91 Å². The predicted molar refractivity (Wildman–Crippen MR) is 93.6 cm³/mol. The highest BCUT2D eigenvalue weighted by molar-refractivity contribution is 6.42. The molecule has 4 nitrogen and oxygen atoms in total. The molecule has 1 N–H and O–H groups in total. The second-order valence-electron chi connectivity index (χ2n) is 5.02. The molecule has 0 spiro atoms. The molecule has 0 unspecified atom stereocenters. The normalized spacial score (nSPS) is 10.8. The number of amides is 1. The fourth-order valence-electron chi connectivity index (χ4n) is 1.81. The maximum Gasteiger partial charge on any atom is 0.277 e. The first kappa shape index (κ1) is 17.3. The summed E-state index contributed by atoms with van der Waals surface area (Å²) in [6.45, 7) is 3.78. The van der Waals surface area contributed by atoms with Crippen LogP contribution in [-0.2, 0) is 4.79 Å². The Morgan fingerprint density at radius 3 is 2.70 bits per heavy atom. The van der Waals surface area contributed by atoms with Gasteiger partial charge in [0.2, 0.25) is 0 Å². The minimum atomic E-state index is -0.345. The van der Waals surface area contributed by atoms with Crippen molar-refractivity contribution in [3.05, 3.63) is 63.1 Å². The number of nitrogens with zero attached hydrogens (tertiary/aromatic N) is 1. The van der Waals surface area contributed by atoms with Gasteiger partial charge in [-0.15, -0.1) is 0 Å². The number of carbonyl (C=O) groups excluding carboxylic acids is 1. The number of rotatable bonds is 5. The molecule has 0 heterocycles. The number of hydrazone groups is 1. The van der Waals surface area contributed by atoms with Crippen molar-refractivity contribution in [3.8, 4) is 5.75 Å². The van der Waals surface area contributed by atoms with E-state index in [0.717, 1.165) is 16.7 Å². The summed E-state index contributed by atoms with van der Waals surface area (Å²) in [5.74, 6) is 0.343. The Labute approximate surface area is 145 Å². The first-order valence-corrected chi connectivity index (χ1v) is 7.68. The maximum atomic E-state index is 11.7. The largest absolute Gasteiger partial charge is 0.483 e. The van der Waals surface area contributed by atoms with Crippen LogP contribution in [0, 0.1) is 13.8 Å². The summed E-state index contributed by atoms with van der Waals surface area (Å²) >= 11 is 11.7. The van der Waals surface area contributed by atoms with Crippen LogP contribution in [0.25, 0.3) is 0 Å². The number of hydrogen-bond acceptors (Lipinski definition) is 3. The third kappa shape index (κ3) is 5.27. The van der Waals surface area contributed by atoms with Gasteiger partial charge in [-0.05, 0) is 48.7 Å². The van der Waals surface area contributed by atoms with Crippen LogP contribution in [0.4, 0.5) is 0 Å². The minimum absolute atomic E-state index is 0.108. The Bertz CT molecular complexity index is 745. The molecule has 0 atom stereocenters. The average molecular weight is 351 g/mol. The molecule has 120 valence electrons. The number of hydrogen-bond donors (Lipinski definition) is 1. The van der Waals surface area contributed by atoms with E-state index in [2.05, 4.69) is 10.5 Å². The van der Waals surface area contributed by atoms with E-state index in [1.54, 1.807) is 18.2 Å². The van der Waals surface area contributed by atoms with E-state index < -0.39 is 0 Å². The second-order valence-corrected chi connectivity index (χ2v) is 5.84.